The SMILES string of the molecule is COc1ccc(C2/C(=C(\O)c3ccc(OC)c(C(C)C)c3)C(=O)C(=O)N2c2ccc(F)c(Cl)c2)cc1OC. The first-order valence-electron chi connectivity index (χ1n) is 11.8. The molecule has 3 aromatic rings. The zero-order valence-corrected chi connectivity index (χ0v) is 22.3. The normalized spacial score (nSPS) is 16.7. The van der Waals surface area contributed by atoms with Crippen molar-refractivity contribution in [2.45, 2.75) is 25.8 Å². The molecule has 0 spiro atoms. The number of hydrogen-bond acceptors (Lipinski definition) is 6. The maximum atomic E-state index is 14.0. The van der Waals surface area contributed by atoms with Gasteiger partial charge in [-0.1, -0.05) is 31.5 Å². The first kappa shape index (κ1) is 27.0. The van der Waals surface area contributed by atoms with Crippen LogP contribution in [0, 0.1) is 5.82 Å². The molecule has 0 bridgehead atoms. The summed E-state index contributed by atoms with van der Waals surface area (Å²) >= 11 is 6.02. The Morgan fingerprint density at radius 2 is 1.58 bits per heavy atom. The van der Waals surface area contributed by atoms with Gasteiger partial charge in [0.15, 0.2) is 11.5 Å². The molecule has 4 rings (SSSR count). The standard InChI is InChI=1S/C29H27ClFNO6/c1-15(2)19-12-17(7-10-22(19)36-3)27(33)25-26(16-6-11-23(37-4)24(13-16)38-5)32(29(35)28(25)34)18-8-9-21(31)20(30)14-18/h6-15,26,33H,1-5H3/b27-25+. The molecule has 9 heteroatoms. The number of halogens is 2. The van der Waals surface area contributed by atoms with Gasteiger partial charge in [-0.2, -0.15) is 0 Å². The van der Waals surface area contributed by atoms with Gasteiger partial charge in [0.2, 0.25) is 0 Å². The molecule has 0 aliphatic carbocycles. The lowest BCUT2D eigenvalue weighted by Crippen LogP contribution is -2.29. The van der Waals surface area contributed by atoms with Crippen LogP contribution in [0.15, 0.2) is 60.2 Å². The third kappa shape index (κ3) is 4.67. The lowest BCUT2D eigenvalue weighted by Gasteiger charge is -2.26. The second-order valence-corrected chi connectivity index (χ2v) is 9.40. The van der Waals surface area contributed by atoms with Crippen LogP contribution < -0.4 is 19.1 Å². The fourth-order valence-corrected chi connectivity index (χ4v) is 4.74. The maximum absolute atomic E-state index is 14.0. The van der Waals surface area contributed by atoms with E-state index in [4.69, 9.17) is 25.8 Å². The number of Topliss-reactive ketones (excluding diaryl/α,β-unsaturated/α-hetero) is 1. The first-order valence-corrected chi connectivity index (χ1v) is 12.2. The summed E-state index contributed by atoms with van der Waals surface area (Å²) in [5, 5.41) is 11.3. The highest BCUT2D eigenvalue weighted by Gasteiger charge is 2.47. The average molecular weight is 540 g/mol. The number of carbonyl (C=O) groups excluding carboxylic acids is 2. The molecule has 3 aromatic carbocycles. The van der Waals surface area contributed by atoms with Gasteiger partial charge in [-0.05, 0) is 65.6 Å². The molecule has 1 atom stereocenters. The van der Waals surface area contributed by atoms with Crippen molar-refractivity contribution in [1.29, 1.82) is 0 Å². The molecular formula is C29H27ClFNO6. The fraction of sp³-hybridized carbons (Fsp3) is 0.241. The molecule has 1 amide bonds. The molecule has 1 unspecified atom stereocenters. The minimum atomic E-state index is -1.07. The van der Waals surface area contributed by atoms with E-state index in [0.29, 0.717) is 28.4 Å². The van der Waals surface area contributed by atoms with Crippen molar-refractivity contribution >= 4 is 34.7 Å². The van der Waals surface area contributed by atoms with E-state index in [-0.39, 0.29) is 28.0 Å². The van der Waals surface area contributed by atoms with E-state index in [1.165, 1.54) is 31.3 Å². The molecule has 0 radical (unpaired) electrons. The molecule has 1 heterocycles. The van der Waals surface area contributed by atoms with Gasteiger partial charge >= 0.3 is 0 Å². The van der Waals surface area contributed by atoms with E-state index in [9.17, 15) is 19.1 Å². The van der Waals surface area contributed by atoms with Crippen molar-refractivity contribution in [3.8, 4) is 17.2 Å². The average Bonchev–Trinajstić information content (AvgIpc) is 3.18. The number of amides is 1. The van der Waals surface area contributed by atoms with Crippen molar-refractivity contribution in [3.05, 3.63) is 87.7 Å². The van der Waals surface area contributed by atoms with Crippen LogP contribution in [-0.4, -0.2) is 38.1 Å². The third-order valence-electron chi connectivity index (χ3n) is 6.47. The van der Waals surface area contributed by atoms with Crippen LogP contribution in [-0.2, 0) is 9.59 Å². The molecule has 1 saturated heterocycles. The summed E-state index contributed by atoms with van der Waals surface area (Å²) in [5.74, 6) is -1.33. The molecule has 38 heavy (non-hydrogen) atoms. The minimum absolute atomic E-state index is 0.0584. The van der Waals surface area contributed by atoms with Crippen LogP contribution in [0.3, 0.4) is 0 Å². The number of carbonyl (C=O) groups is 2. The lowest BCUT2D eigenvalue weighted by atomic mass is 9.93. The van der Waals surface area contributed by atoms with Gasteiger partial charge in [0.05, 0.1) is 38.0 Å². The van der Waals surface area contributed by atoms with Crippen LogP contribution in [0.4, 0.5) is 10.1 Å². The summed E-state index contributed by atoms with van der Waals surface area (Å²) in [6.07, 6.45) is 0. The van der Waals surface area contributed by atoms with Crippen molar-refractivity contribution in [1.82, 2.24) is 0 Å². The molecule has 1 aliphatic rings. The number of ether oxygens (including phenoxy) is 3. The van der Waals surface area contributed by atoms with Crippen molar-refractivity contribution in [2.24, 2.45) is 0 Å². The Balaban J connectivity index is 1.99. The highest BCUT2D eigenvalue weighted by atomic mass is 35.5. The van der Waals surface area contributed by atoms with Crippen molar-refractivity contribution in [2.75, 3.05) is 26.2 Å². The number of methoxy groups -OCH3 is 3. The number of aliphatic hydroxyl groups is 1. The lowest BCUT2D eigenvalue weighted by molar-refractivity contribution is -0.132. The summed E-state index contributed by atoms with van der Waals surface area (Å²) < 4.78 is 30.2. The molecule has 1 fully saturated rings. The first-order chi connectivity index (χ1) is 18.1. The number of aliphatic hydroxyl groups excluding tert-OH is 1. The number of anilines is 1. The molecule has 1 N–H and O–H groups in total. The van der Waals surface area contributed by atoms with Gasteiger partial charge in [-0.15, -0.1) is 0 Å². The Labute approximate surface area is 225 Å². The Morgan fingerprint density at radius 1 is 0.921 bits per heavy atom. The summed E-state index contributed by atoms with van der Waals surface area (Å²) in [7, 11) is 4.50. The Kier molecular flexibility index (Phi) is 7.64. The summed E-state index contributed by atoms with van der Waals surface area (Å²) in [4.78, 5) is 28.1. The second kappa shape index (κ2) is 10.8. The van der Waals surface area contributed by atoms with Crippen LogP contribution >= 0.6 is 11.6 Å². The van der Waals surface area contributed by atoms with E-state index in [1.54, 1.807) is 43.5 Å². The molecule has 1 aliphatic heterocycles. The molecule has 0 saturated carbocycles. The number of nitrogens with zero attached hydrogens (tertiary/aromatic N) is 1. The van der Waals surface area contributed by atoms with Crippen molar-refractivity contribution < 1.29 is 33.3 Å². The highest BCUT2D eigenvalue weighted by Crippen LogP contribution is 2.45. The maximum Gasteiger partial charge on any atom is 0.300 e. The number of rotatable bonds is 7. The van der Waals surface area contributed by atoms with E-state index in [2.05, 4.69) is 0 Å². The highest BCUT2D eigenvalue weighted by molar-refractivity contribution is 6.51. The second-order valence-electron chi connectivity index (χ2n) is 8.99. The Morgan fingerprint density at radius 3 is 2.18 bits per heavy atom. The van der Waals surface area contributed by atoms with Gasteiger partial charge in [-0.3, -0.25) is 14.5 Å². The van der Waals surface area contributed by atoms with Crippen LogP contribution in [0.5, 0.6) is 17.2 Å². The smallest absolute Gasteiger partial charge is 0.300 e. The van der Waals surface area contributed by atoms with Gasteiger partial charge in [0.1, 0.15) is 17.3 Å². The monoisotopic (exact) mass is 539 g/mol. The number of benzene rings is 3. The summed E-state index contributed by atoms with van der Waals surface area (Å²) in [6.45, 7) is 3.95. The Hall–Kier alpha value is -4.04. The molecule has 0 aromatic heterocycles. The number of ketones is 1. The van der Waals surface area contributed by atoms with Gasteiger partial charge in [0.25, 0.3) is 11.7 Å². The minimum Gasteiger partial charge on any atom is -0.507 e. The predicted molar refractivity (Wildman–Crippen MR) is 143 cm³/mol. The Bertz CT molecular complexity index is 1450. The van der Waals surface area contributed by atoms with E-state index in [0.717, 1.165) is 11.6 Å². The fourth-order valence-electron chi connectivity index (χ4n) is 4.56. The van der Waals surface area contributed by atoms with Crippen molar-refractivity contribution in [3.63, 3.8) is 0 Å². The summed E-state index contributed by atoms with van der Waals surface area (Å²) in [5.41, 5.74) is 1.67. The number of hydrogen-bond donors (Lipinski definition) is 1. The zero-order chi connectivity index (χ0) is 27.7. The molecule has 7 nitrogen and oxygen atoms in total. The topological polar surface area (TPSA) is 85.3 Å². The van der Waals surface area contributed by atoms with Crippen LogP contribution in [0.25, 0.3) is 5.76 Å². The van der Waals surface area contributed by atoms with Gasteiger partial charge < -0.3 is 19.3 Å². The molecular weight excluding hydrogens is 513 g/mol. The van der Waals surface area contributed by atoms with Crippen LogP contribution in [0.2, 0.25) is 5.02 Å². The van der Waals surface area contributed by atoms with E-state index >= 15 is 0 Å². The van der Waals surface area contributed by atoms with Gasteiger partial charge in [0, 0.05) is 11.3 Å². The molecule has 198 valence electrons. The predicted octanol–water partition coefficient (Wildman–Crippen LogP) is 6.25. The van der Waals surface area contributed by atoms with E-state index < -0.39 is 23.5 Å². The zero-order valence-electron chi connectivity index (χ0n) is 21.5. The summed E-state index contributed by atoms with van der Waals surface area (Å²) in [6, 6.07) is 12.6. The third-order valence-corrected chi connectivity index (χ3v) is 6.76. The van der Waals surface area contributed by atoms with Gasteiger partial charge in [-0.25, -0.2) is 4.39 Å². The van der Waals surface area contributed by atoms with Crippen LogP contribution in [0.1, 0.15) is 42.5 Å². The van der Waals surface area contributed by atoms with E-state index in [1.807, 2.05) is 13.8 Å². The largest absolute Gasteiger partial charge is 0.507 e. The quantitative estimate of drug-likeness (QED) is 0.217.